The van der Waals surface area contributed by atoms with E-state index in [1.54, 1.807) is 12.1 Å². The third-order valence-corrected chi connectivity index (χ3v) is 3.96. The third-order valence-electron chi connectivity index (χ3n) is 3.96. The summed E-state index contributed by atoms with van der Waals surface area (Å²) in [6, 6.07) is 16.7. The Morgan fingerprint density at radius 2 is 1.88 bits per heavy atom. The lowest BCUT2D eigenvalue weighted by Gasteiger charge is -2.14. The highest BCUT2D eigenvalue weighted by Gasteiger charge is 2.12. The third kappa shape index (κ3) is 3.71. The number of aromatic nitrogens is 1. The summed E-state index contributed by atoms with van der Waals surface area (Å²) in [4.78, 5) is 23.9. The standard InChI is InChI=1S/C20H19NO4/c1-14-5-3-6-15(11-14)13-25-17-8-4-7-16-9-10-18(22)21(20(16)17)12-19(23)24-2/h3-11H,12-13H2,1-2H3. The molecule has 0 aliphatic carbocycles. The Bertz CT molecular complexity index is 975. The average molecular weight is 337 g/mol. The van der Waals surface area contributed by atoms with Gasteiger partial charge in [-0.15, -0.1) is 0 Å². The van der Waals surface area contributed by atoms with E-state index in [9.17, 15) is 9.59 Å². The minimum atomic E-state index is -0.483. The first-order valence-electron chi connectivity index (χ1n) is 7.96. The molecule has 0 bridgehead atoms. The van der Waals surface area contributed by atoms with E-state index < -0.39 is 5.97 Å². The molecular formula is C20H19NO4. The molecule has 0 saturated carbocycles. The van der Waals surface area contributed by atoms with Gasteiger partial charge in [0.1, 0.15) is 18.9 Å². The molecule has 3 rings (SSSR count). The molecule has 0 aliphatic rings. The maximum atomic E-state index is 12.3. The highest BCUT2D eigenvalue weighted by Crippen LogP contribution is 2.25. The van der Waals surface area contributed by atoms with Gasteiger partial charge in [0.15, 0.2) is 0 Å². The SMILES string of the molecule is COC(=O)Cn1c(=O)ccc2cccc(OCc3cccc(C)c3)c21. The van der Waals surface area contributed by atoms with Gasteiger partial charge in [0, 0.05) is 11.5 Å². The number of para-hydroxylation sites is 1. The second-order valence-corrected chi connectivity index (χ2v) is 5.81. The van der Waals surface area contributed by atoms with Crippen molar-refractivity contribution in [3.8, 4) is 5.75 Å². The Labute approximate surface area is 145 Å². The number of benzene rings is 2. The van der Waals surface area contributed by atoms with Gasteiger partial charge in [-0.1, -0.05) is 42.0 Å². The number of fused-ring (bicyclic) bond motifs is 1. The van der Waals surface area contributed by atoms with E-state index in [1.165, 1.54) is 17.7 Å². The van der Waals surface area contributed by atoms with Crippen LogP contribution in [0, 0.1) is 6.92 Å². The lowest BCUT2D eigenvalue weighted by Crippen LogP contribution is -2.24. The maximum Gasteiger partial charge on any atom is 0.325 e. The molecule has 0 unspecified atom stereocenters. The number of methoxy groups -OCH3 is 1. The van der Waals surface area contributed by atoms with Crippen LogP contribution in [0.5, 0.6) is 5.75 Å². The van der Waals surface area contributed by atoms with Crippen LogP contribution >= 0.6 is 0 Å². The van der Waals surface area contributed by atoms with Gasteiger partial charge in [-0.2, -0.15) is 0 Å². The number of hydrogen-bond donors (Lipinski definition) is 0. The molecule has 3 aromatic rings. The number of ether oxygens (including phenoxy) is 2. The second kappa shape index (κ2) is 7.21. The molecule has 0 N–H and O–H groups in total. The van der Waals surface area contributed by atoms with E-state index >= 15 is 0 Å². The fourth-order valence-corrected chi connectivity index (χ4v) is 2.75. The molecule has 0 fully saturated rings. The first-order valence-corrected chi connectivity index (χ1v) is 7.96. The number of hydrogen-bond acceptors (Lipinski definition) is 4. The maximum absolute atomic E-state index is 12.3. The van der Waals surface area contributed by atoms with Crippen LogP contribution < -0.4 is 10.3 Å². The largest absolute Gasteiger partial charge is 0.487 e. The molecule has 5 nitrogen and oxygen atoms in total. The summed E-state index contributed by atoms with van der Waals surface area (Å²) in [5, 5.41) is 0.824. The minimum absolute atomic E-state index is 0.155. The Kier molecular flexibility index (Phi) is 4.84. The smallest absolute Gasteiger partial charge is 0.325 e. The Balaban J connectivity index is 2.01. The van der Waals surface area contributed by atoms with Crippen molar-refractivity contribution in [1.29, 1.82) is 0 Å². The summed E-state index contributed by atoms with van der Waals surface area (Å²) in [6.45, 7) is 2.25. The van der Waals surface area contributed by atoms with Crippen LogP contribution in [0.1, 0.15) is 11.1 Å². The van der Waals surface area contributed by atoms with Gasteiger partial charge >= 0.3 is 5.97 Å². The van der Waals surface area contributed by atoms with E-state index in [0.29, 0.717) is 17.9 Å². The van der Waals surface area contributed by atoms with Crippen LogP contribution in [0.2, 0.25) is 0 Å². The van der Waals surface area contributed by atoms with Gasteiger partial charge < -0.3 is 9.47 Å². The number of carbonyl (C=O) groups is 1. The molecule has 0 radical (unpaired) electrons. The number of aryl methyl sites for hydroxylation is 1. The summed E-state index contributed by atoms with van der Waals surface area (Å²) in [5.74, 6) is 0.0729. The second-order valence-electron chi connectivity index (χ2n) is 5.81. The zero-order valence-corrected chi connectivity index (χ0v) is 14.2. The number of pyridine rings is 1. The molecule has 25 heavy (non-hydrogen) atoms. The molecule has 1 aromatic heterocycles. The van der Waals surface area contributed by atoms with Crippen molar-refractivity contribution in [3.63, 3.8) is 0 Å². The Hall–Kier alpha value is -3.08. The summed E-state index contributed by atoms with van der Waals surface area (Å²) >= 11 is 0. The van der Waals surface area contributed by atoms with Crippen molar-refractivity contribution < 1.29 is 14.3 Å². The van der Waals surface area contributed by atoms with Gasteiger partial charge in [-0.05, 0) is 24.6 Å². The van der Waals surface area contributed by atoms with E-state index in [4.69, 9.17) is 9.47 Å². The molecular weight excluding hydrogens is 318 g/mol. The van der Waals surface area contributed by atoms with Crippen LogP contribution in [0.4, 0.5) is 0 Å². The van der Waals surface area contributed by atoms with Crippen molar-refractivity contribution >= 4 is 16.9 Å². The van der Waals surface area contributed by atoms with Crippen LogP contribution in [-0.4, -0.2) is 17.6 Å². The lowest BCUT2D eigenvalue weighted by atomic mass is 10.1. The van der Waals surface area contributed by atoms with Gasteiger partial charge in [0.05, 0.1) is 12.6 Å². The predicted octanol–water partition coefficient (Wildman–Crippen LogP) is 3.06. The summed E-state index contributed by atoms with van der Waals surface area (Å²) in [5.41, 5.74) is 2.51. The number of esters is 1. The molecule has 1 heterocycles. The Morgan fingerprint density at radius 3 is 2.64 bits per heavy atom. The lowest BCUT2D eigenvalue weighted by molar-refractivity contribution is -0.141. The highest BCUT2D eigenvalue weighted by atomic mass is 16.5. The van der Waals surface area contributed by atoms with Crippen LogP contribution in [-0.2, 0) is 22.7 Å². The summed E-state index contributed by atoms with van der Waals surface area (Å²) in [6.07, 6.45) is 0. The van der Waals surface area contributed by atoms with Crippen molar-refractivity contribution in [2.75, 3.05) is 7.11 Å². The highest BCUT2D eigenvalue weighted by molar-refractivity contribution is 5.86. The first kappa shape index (κ1) is 16.8. The average Bonchev–Trinajstić information content (AvgIpc) is 2.62. The van der Waals surface area contributed by atoms with E-state index in [2.05, 4.69) is 0 Å². The number of rotatable bonds is 5. The molecule has 0 saturated heterocycles. The zero-order chi connectivity index (χ0) is 17.8. The molecule has 0 spiro atoms. The molecule has 128 valence electrons. The monoisotopic (exact) mass is 337 g/mol. The zero-order valence-electron chi connectivity index (χ0n) is 14.2. The van der Waals surface area contributed by atoms with E-state index in [1.807, 2.05) is 43.3 Å². The number of carbonyl (C=O) groups excluding carboxylic acids is 1. The van der Waals surface area contributed by atoms with E-state index in [-0.39, 0.29) is 12.1 Å². The van der Waals surface area contributed by atoms with Crippen molar-refractivity contribution in [2.24, 2.45) is 0 Å². The number of nitrogens with zero attached hydrogens (tertiary/aromatic N) is 1. The quantitative estimate of drug-likeness (QED) is 0.672. The molecule has 0 atom stereocenters. The van der Waals surface area contributed by atoms with Gasteiger partial charge in [-0.25, -0.2) is 0 Å². The fraction of sp³-hybridized carbons (Fsp3) is 0.200. The predicted molar refractivity (Wildman–Crippen MR) is 95.7 cm³/mol. The van der Waals surface area contributed by atoms with Gasteiger partial charge in [-0.3, -0.25) is 14.2 Å². The molecule has 0 aliphatic heterocycles. The fourth-order valence-electron chi connectivity index (χ4n) is 2.75. The van der Waals surface area contributed by atoms with Crippen molar-refractivity contribution in [2.45, 2.75) is 20.1 Å². The molecule has 5 heteroatoms. The van der Waals surface area contributed by atoms with Crippen molar-refractivity contribution in [1.82, 2.24) is 4.57 Å². The topological polar surface area (TPSA) is 57.5 Å². The summed E-state index contributed by atoms with van der Waals surface area (Å²) in [7, 11) is 1.30. The normalized spacial score (nSPS) is 10.6. The molecule has 2 aromatic carbocycles. The van der Waals surface area contributed by atoms with Crippen LogP contribution in [0.3, 0.4) is 0 Å². The van der Waals surface area contributed by atoms with Crippen LogP contribution in [0.25, 0.3) is 10.9 Å². The molecule has 0 amide bonds. The van der Waals surface area contributed by atoms with Gasteiger partial charge in [0.2, 0.25) is 0 Å². The first-order chi connectivity index (χ1) is 12.1. The van der Waals surface area contributed by atoms with Crippen molar-refractivity contribution in [3.05, 3.63) is 76.1 Å². The Morgan fingerprint density at radius 1 is 1.08 bits per heavy atom. The van der Waals surface area contributed by atoms with Gasteiger partial charge in [0.25, 0.3) is 5.56 Å². The van der Waals surface area contributed by atoms with Crippen LogP contribution in [0.15, 0.2) is 59.4 Å². The minimum Gasteiger partial charge on any atom is -0.487 e. The van der Waals surface area contributed by atoms with E-state index in [0.717, 1.165) is 16.5 Å². The summed E-state index contributed by atoms with van der Waals surface area (Å²) < 4.78 is 12.0.